The molecule has 34 heavy (non-hydrogen) atoms. The molecule has 0 aromatic heterocycles. The predicted octanol–water partition coefficient (Wildman–Crippen LogP) is 2.54. The third-order valence-electron chi connectivity index (χ3n) is 7.18. The van der Waals surface area contributed by atoms with Gasteiger partial charge in [0.2, 0.25) is 11.8 Å². The molecule has 3 heterocycles. The number of carbonyl (C=O) groups is 2. The monoisotopic (exact) mass is 469 g/mol. The third-order valence-corrected chi connectivity index (χ3v) is 7.18. The Morgan fingerprint density at radius 3 is 2.74 bits per heavy atom. The van der Waals surface area contributed by atoms with E-state index in [0.29, 0.717) is 64.6 Å². The van der Waals surface area contributed by atoms with Crippen LogP contribution in [0, 0.1) is 17.8 Å². The van der Waals surface area contributed by atoms with E-state index in [1.807, 2.05) is 29.2 Å². The molecule has 0 aliphatic carbocycles. The number of aliphatic hydroxyl groups excluding tert-OH is 1. The van der Waals surface area contributed by atoms with Crippen molar-refractivity contribution in [1.29, 1.82) is 0 Å². The van der Waals surface area contributed by atoms with E-state index in [2.05, 4.69) is 30.9 Å². The number of rotatable bonds is 4. The summed E-state index contributed by atoms with van der Waals surface area (Å²) in [6.07, 6.45) is 5.72. The molecule has 1 N–H and O–H groups in total. The topological polar surface area (TPSA) is 73.3 Å². The summed E-state index contributed by atoms with van der Waals surface area (Å²) in [4.78, 5) is 32.2. The maximum atomic E-state index is 13.3. The van der Waals surface area contributed by atoms with Gasteiger partial charge in [-0.1, -0.05) is 44.2 Å². The summed E-state index contributed by atoms with van der Waals surface area (Å²) in [6, 6.07) is 8.06. The number of likely N-dealkylation sites (tertiary alicyclic amines) is 1. The smallest absolute Gasteiger partial charge is 0.236 e. The molecular weight excluding hydrogens is 430 g/mol. The van der Waals surface area contributed by atoms with Crippen LogP contribution in [0.3, 0.4) is 0 Å². The molecule has 0 saturated carbocycles. The van der Waals surface area contributed by atoms with Crippen molar-refractivity contribution in [3.05, 3.63) is 42.0 Å². The number of hydrogen-bond acceptors (Lipinski definition) is 5. The molecule has 2 fully saturated rings. The van der Waals surface area contributed by atoms with Crippen LogP contribution < -0.4 is 4.74 Å². The number of β-amino-alcohol motifs (C(OH)–C–C–N with tert-alkyl or cyclic N) is 1. The van der Waals surface area contributed by atoms with E-state index in [9.17, 15) is 14.7 Å². The van der Waals surface area contributed by atoms with E-state index in [-0.39, 0.29) is 23.7 Å². The first-order valence-electron chi connectivity index (χ1n) is 12.7. The van der Waals surface area contributed by atoms with Gasteiger partial charge in [0.15, 0.2) is 0 Å². The molecule has 3 aliphatic heterocycles. The van der Waals surface area contributed by atoms with Crippen molar-refractivity contribution in [1.82, 2.24) is 14.7 Å². The van der Waals surface area contributed by atoms with Crippen LogP contribution in [0.5, 0.6) is 5.75 Å². The number of hydrogen-bond donors (Lipinski definition) is 1. The van der Waals surface area contributed by atoms with Crippen LogP contribution in [0.25, 0.3) is 0 Å². The van der Waals surface area contributed by atoms with Gasteiger partial charge < -0.3 is 19.6 Å². The fraction of sp³-hybridized carbons (Fsp3) is 0.630. The second-order valence-electron chi connectivity index (χ2n) is 10.4. The van der Waals surface area contributed by atoms with Gasteiger partial charge >= 0.3 is 0 Å². The zero-order valence-electron chi connectivity index (χ0n) is 20.6. The van der Waals surface area contributed by atoms with Crippen molar-refractivity contribution < 1.29 is 19.4 Å². The second kappa shape index (κ2) is 11.4. The summed E-state index contributed by atoms with van der Waals surface area (Å²) in [6.45, 7) is 9.12. The van der Waals surface area contributed by atoms with Crippen LogP contribution in [0.2, 0.25) is 0 Å². The first kappa shape index (κ1) is 24.7. The summed E-state index contributed by atoms with van der Waals surface area (Å²) in [5.74, 6) is 1.89. The Labute approximate surface area is 203 Å². The van der Waals surface area contributed by atoms with Crippen molar-refractivity contribution >= 4 is 11.8 Å². The number of ether oxygens (including phenoxy) is 1. The van der Waals surface area contributed by atoms with Crippen LogP contribution in [0.4, 0.5) is 0 Å². The standard InChI is InChI=1S/C27H39N3O4/c1-20(2)15-28-16-23-6-3-4-8-25(23)34-13-5-7-22-17-29(27(33)19-28)11-9-21(22)14-26(32)30-12-10-24(31)18-30/h3-8,20-22,24,31H,9-19H2,1-2H3/t21-,22-,24+/m0/s1. The first-order chi connectivity index (χ1) is 16.4. The molecular formula is C27H39N3O4. The molecule has 3 aliphatic rings. The number of nitrogens with zero attached hydrogens (tertiary/aromatic N) is 3. The van der Waals surface area contributed by atoms with Gasteiger partial charge in [-0.15, -0.1) is 0 Å². The van der Waals surface area contributed by atoms with E-state index < -0.39 is 6.10 Å². The van der Waals surface area contributed by atoms with Gasteiger partial charge in [-0.25, -0.2) is 0 Å². The van der Waals surface area contributed by atoms with Gasteiger partial charge in [0.1, 0.15) is 12.4 Å². The van der Waals surface area contributed by atoms with Gasteiger partial charge in [0.25, 0.3) is 0 Å². The fourth-order valence-corrected chi connectivity index (χ4v) is 5.43. The molecule has 2 bridgehead atoms. The normalized spacial score (nSPS) is 26.5. The zero-order valence-corrected chi connectivity index (χ0v) is 20.6. The summed E-state index contributed by atoms with van der Waals surface area (Å²) >= 11 is 0. The summed E-state index contributed by atoms with van der Waals surface area (Å²) in [5, 5.41) is 9.80. The molecule has 0 spiro atoms. The Kier molecular flexibility index (Phi) is 8.27. The molecule has 2 amide bonds. The van der Waals surface area contributed by atoms with Crippen LogP contribution >= 0.6 is 0 Å². The minimum atomic E-state index is -0.401. The highest BCUT2D eigenvalue weighted by atomic mass is 16.5. The lowest BCUT2D eigenvalue weighted by Gasteiger charge is -2.38. The Bertz CT molecular complexity index is 886. The van der Waals surface area contributed by atoms with Gasteiger partial charge in [-0.2, -0.15) is 0 Å². The molecule has 0 unspecified atom stereocenters. The predicted molar refractivity (Wildman–Crippen MR) is 131 cm³/mol. The van der Waals surface area contributed by atoms with Crippen LogP contribution in [0.1, 0.15) is 38.7 Å². The second-order valence-corrected chi connectivity index (χ2v) is 10.4. The Balaban J connectivity index is 1.51. The highest BCUT2D eigenvalue weighted by Crippen LogP contribution is 2.30. The summed E-state index contributed by atoms with van der Waals surface area (Å²) in [5.41, 5.74) is 1.10. The van der Waals surface area contributed by atoms with E-state index in [0.717, 1.165) is 24.3 Å². The van der Waals surface area contributed by atoms with Crippen molar-refractivity contribution in [2.45, 2.75) is 45.8 Å². The number of aliphatic hydroxyl groups is 1. The van der Waals surface area contributed by atoms with Crippen molar-refractivity contribution in [3.8, 4) is 5.75 Å². The third kappa shape index (κ3) is 6.39. The number of para-hydroxylation sites is 1. The van der Waals surface area contributed by atoms with E-state index >= 15 is 0 Å². The largest absolute Gasteiger partial charge is 0.489 e. The molecule has 3 atom stereocenters. The van der Waals surface area contributed by atoms with Crippen molar-refractivity contribution in [2.75, 3.05) is 45.9 Å². The molecule has 7 heteroatoms. The maximum absolute atomic E-state index is 13.3. The highest BCUT2D eigenvalue weighted by Gasteiger charge is 2.34. The van der Waals surface area contributed by atoms with Gasteiger partial charge in [-0.05, 0) is 36.7 Å². The number of fused-ring (bicyclic) bond motifs is 3. The molecule has 7 nitrogen and oxygen atoms in total. The quantitative estimate of drug-likeness (QED) is 0.686. The van der Waals surface area contributed by atoms with Crippen LogP contribution in [-0.2, 0) is 16.1 Å². The lowest BCUT2D eigenvalue weighted by Crippen LogP contribution is -2.48. The van der Waals surface area contributed by atoms with E-state index in [1.54, 1.807) is 4.90 Å². The van der Waals surface area contributed by atoms with E-state index in [1.165, 1.54) is 0 Å². The molecule has 186 valence electrons. The lowest BCUT2D eigenvalue weighted by atomic mass is 9.82. The minimum absolute atomic E-state index is 0.117. The number of piperidine rings is 1. The fourth-order valence-electron chi connectivity index (χ4n) is 5.43. The van der Waals surface area contributed by atoms with Crippen molar-refractivity contribution in [3.63, 3.8) is 0 Å². The highest BCUT2D eigenvalue weighted by molar-refractivity contribution is 5.79. The molecule has 4 rings (SSSR count). The SMILES string of the molecule is CC(C)CN1CC(=O)N2CC[C@@H](CC(=O)N3CC[C@@H](O)C3)[C@@H](C=CCOc3ccccc3C1)C2. The number of benzene rings is 1. The molecule has 1 aromatic rings. The average Bonchev–Trinajstić information content (AvgIpc) is 3.24. The van der Waals surface area contributed by atoms with E-state index in [4.69, 9.17) is 4.74 Å². The summed E-state index contributed by atoms with van der Waals surface area (Å²) < 4.78 is 6.11. The Morgan fingerprint density at radius 1 is 1.15 bits per heavy atom. The van der Waals surface area contributed by atoms with Crippen LogP contribution in [0.15, 0.2) is 36.4 Å². The molecule has 1 aromatic carbocycles. The average molecular weight is 470 g/mol. The van der Waals surface area contributed by atoms with Gasteiger partial charge in [-0.3, -0.25) is 14.5 Å². The lowest BCUT2D eigenvalue weighted by molar-refractivity contribution is -0.136. The van der Waals surface area contributed by atoms with Gasteiger partial charge in [0.05, 0.1) is 12.6 Å². The van der Waals surface area contributed by atoms with Crippen LogP contribution in [-0.4, -0.2) is 83.6 Å². The summed E-state index contributed by atoms with van der Waals surface area (Å²) in [7, 11) is 0. The number of carbonyl (C=O) groups excluding carboxylic acids is 2. The van der Waals surface area contributed by atoms with Crippen molar-refractivity contribution in [2.24, 2.45) is 17.8 Å². The van der Waals surface area contributed by atoms with Gasteiger partial charge in [0, 0.05) is 51.3 Å². The minimum Gasteiger partial charge on any atom is -0.489 e. The molecule has 0 radical (unpaired) electrons. The Morgan fingerprint density at radius 2 is 1.97 bits per heavy atom. The number of amides is 2. The first-order valence-corrected chi connectivity index (χ1v) is 12.7. The Hall–Kier alpha value is -2.38. The maximum Gasteiger partial charge on any atom is 0.236 e. The zero-order chi connectivity index (χ0) is 24.1. The molecule has 2 saturated heterocycles.